The molecule has 0 saturated heterocycles. The van der Waals surface area contributed by atoms with Crippen molar-refractivity contribution in [1.29, 1.82) is 0 Å². The summed E-state index contributed by atoms with van der Waals surface area (Å²) in [4.78, 5) is 11.0. The highest BCUT2D eigenvalue weighted by atomic mass is 35.5. The molecule has 1 heterocycles. The van der Waals surface area contributed by atoms with Crippen molar-refractivity contribution in [2.45, 2.75) is 0 Å². The summed E-state index contributed by atoms with van der Waals surface area (Å²) >= 11 is 5.59. The molecule has 0 aliphatic heterocycles. The first-order valence-electron chi connectivity index (χ1n) is 4.78. The van der Waals surface area contributed by atoms with Crippen LogP contribution in [-0.4, -0.2) is 15.7 Å². The number of hydrogen-bond donors (Lipinski definition) is 1. The maximum atomic E-state index is 13.3. The summed E-state index contributed by atoms with van der Waals surface area (Å²) in [6.45, 7) is 0. The van der Waals surface area contributed by atoms with Gasteiger partial charge >= 0.3 is 0 Å². The van der Waals surface area contributed by atoms with Gasteiger partial charge < -0.3 is 5.73 Å². The number of halogens is 2. The first-order valence-corrected chi connectivity index (χ1v) is 5.16. The Kier molecular flexibility index (Phi) is 2.85. The number of aryl methyl sites for hydroxylation is 1. The maximum Gasteiger partial charge on any atom is 0.269 e. The summed E-state index contributed by atoms with van der Waals surface area (Å²) in [5.41, 5.74) is 6.43. The molecule has 0 fully saturated rings. The highest BCUT2D eigenvalue weighted by Gasteiger charge is 2.12. The van der Waals surface area contributed by atoms with Crippen molar-refractivity contribution in [2.24, 2.45) is 12.8 Å². The number of rotatable bonds is 2. The van der Waals surface area contributed by atoms with Crippen molar-refractivity contribution in [1.82, 2.24) is 9.78 Å². The predicted octanol–water partition coefficient (Wildman–Crippen LogP) is 1.98. The SMILES string of the molecule is Cn1nc(C(N)=O)cc1-c1ccc(Cl)c(F)c1. The number of carbonyl (C=O) groups is 1. The molecule has 1 aromatic heterocycles. The summed E-state index contributed by atoms with van der Waals surface area (Å²) in [5, 5.41) is 3.97. The van der Waals surface area contributed by atoms with Gasteiger partial charge in [0.05, 0.1) is 10.7 Å². The van der Waals surface area contributed by atoms with Gasteiger partial charge in [0, 0.05) is 12.6 Å². The zero-order chi connectivity index (χ0) is 12.6. The molecule has 0 bridgehead atoms. The molecule has 0 aliphatic carbocycles. The Morgan fingerprint density at radius 3 is 2.71 bits per heavy atom. The molecule has 0 spiro atoms. The fraction of sp³-hybridized carbons (Fsp3) is 0.0909. The van der Waals surface area contributed by atoms with Crippen molar-refractivity contribution in [3.63, 3.8) is 0 Å². The third-order valence-corrected chi connectivity index (χ3v) is 2.65. The van der Waals surface area contributed by atoms with E-state index in [0.29, 0.717) is 11.3 Å². The summed E-state index contributed by atoms with van der Waals surface area (Å²) in [6, 6.07) is 5.88. The maximum absolute atomic E-state index is 13.3. The lowest BCUT2D eigenvalue weighted by atomic mass is 10.1. The van der Waals surface area contributed by atoms with E-state index in [1.807, 2.05) is 0 Å². The Morgan fingerprint density at radius 1 is 1.47 bits per heavy atom. The van der Waals surface area contributed by atoms with E-state index >= 15 is 0 Å². The van der Waals surface area contributed by atoms with Crippen LogP contribution in [0, 0.1) is 5.82 Å². The van der Waals surface area contributed by atoms with E-state index in [-0.39, 0.29) is 10.7 Å². The smallest absolute Gasteiger partial charge is 0.269 e. The molecule has 0 unspecified atom stereocenters. The van der Waals surface area contributed by atoms with Crippen molar-refractivity contribution in [3.05, 3.63) is 40.8 Å². The number of primary amides is 1. The van der Waals surface area contributed by atoms with Crippen molar-refractivity contribution >= 4 is 17.5 Å². The molecule has 1 aromatic carbocycles. The second-order valence-corrected chi connectivity index (χ2v) is 3.94. The zero-order valence-electron chi connectivity index (χ0n) is 8.95. The minimum atomic E-state index is -0.624. The Bertz CT molecular complexity index is 594. The molecular formula is C11H9ClFN3O. The van der Waals surface area contributed by atoms with Gasteiger partial charge in [-0.3, -0.25) is 9.48 Å². The van der Waals surface area contributed by atoms with Crippen molar-refractivity contribution < 1.29 is 9.18 Å². The predicted molar refractivity (Wildman–Crippen MR) is 62.1 cm³/mol. The normalized spacial score (nSPS) is 10.5. The van der Waals surface area contributed by atoms with Gasteiger partial charge in [0.2, 0.25) is 0 Å². The number of hydrogen-bond acceptors (Lipinski definition) is 2. The van der Waals surface area contributed by atoms with E-state index in [9.17, 15) is 9.18 Å². The highest BCUT2D eigenvalue weighted by molar-refractivity contribution is 6.30. The minimum absolute atomic E-state index is 0.0473. The lowest BCUT2D eigenvalue weighted by Crippen LogP contribution is -2.11. The quantitative estimate of drug-likeness (QED) is 0.890. The fourth-order valence-electron chi connectivity index (χ4n) is 1.51. The molecular weight excluding hydrogens is 245 g/mol. The van der Waals surface area contributed by atoms with Crippen LogP contribution in [0.15, 0.2) is 24.3 Å². The summed E-state index contributed by atoms with van der Waals surface area (Å²) in [6.07, 6.45) is 0. The van der Waals surface area contributed by atoms with E-state index in [1.54, 1.807) is 13.1 Å². The van der Waals surface area contributed by atoms with Gasteiger partial charge in [0.15, 0.2) is 5.69 Å². The van der Waals surface area contributed by atoms with Crippen LogP contribution in [0.3, 0.4) is 0 Å². The molecule has 0 atom stereocenters. The number of amides is 1. The van der Waals surface area contributed by atoms with Crippen LogP contribution in [0.4, 0.5) is 4.39 Å². The third-order valence-electron chi connectivity index (χ3n) is 2.35. The summed E-state index contributed by atoms with van der Waals surface area (Å²) < 4.78 is 14.8. The summed E-state index contributed by atoms with van der Waals surface area (Å²) in [5.74, 6) is -1.15. The Labute approximate surface area is 102 Å². The average molecular weight is 254 g/mol. The second kappa shape index (κ2) is 4.18. The second-order valence-electron chi connectivity index (χ2n) is 3.53. The third kappa shape index (κ3) is 2.14. The Hall–Kier alpha value is -1.88. The average Bonchev–Trinajstić information content (AvgIpc) is 2.65. The molecule has 2 N–H and O–H groups in total. The minimum Gasteiger partial charge on any atom is -0.364 e. The Balaban J connectivity index is 2.52. The van der Waals surface area contributed by atoms with Crippen LogP contribution in [0.2, 0.25) is 5.02 Å². The van der Waals surface area contributed by atoms with Crippen LogP contribution in [0.25, 0.3) is 11.3 Å². The number of benzene rings is 1. The molecule has 0 radical (unpaired) electrons. The van der Waals surface area contributed by atoms with Crippen LogP contribution in [0.1, 0.15) is 10.5 Å². The lowest BCUT2D eigenvalue weighted by Gasteiger charge is -2.02. The molecule has 0 aliphatic rings. The van der Waals surface area contributed by atoms with E-state index in [2.05, 4.69) is 5.10 Å². The number of nitrogens with zero attached hydrogens (tertiary/aromatic N) is 2. The van der Waals surface area contributed by atoms with Crippen LogP contribution < -0.4 is 5.73 Å². The zero-order valence-corrected chi connectivity index (χ0v) is 9.70. The van der Waals surface area contributed by atoms with Crippen molar-refractivity contribution in [3.8, 4) is 11.3 Å². The lowest BCUT2D eigenvalue weighted by molar-refractivity contribution is 0.0995. The summed E-state index contributed by atoms with van der Waals surface area (Å²) in [7, 11) is 1.65. The number of aromatic nitrogens is 2. The topological polar surface area (TPSA) is 60.9 Å². The van der Waals surface area contributed by atoms with Crippen LogP contribution in [0.5, 0.6) is 0 Å². The molecule has 1 amide bonds. The van der Waals surface area contributed by atoms with Crippen molar-refractivity contribution in [2.75, 3.05) is 0 Å². The standard InChI is InChI=1S/C11H9ClFN3O/c1-16-10(5-9(15-16)11(14)17)6-2-3-7(12)8(13)4-6/h2-5H,1H3,(H2,14,17). The fourth-order valence-corrected chi connectivity index (χ4v) is 1.63. The number of nitrogens with two attached hydrogens (primary N) is 1. The molecule has 17 heavy (non-hydrogen) atoms. The van der Waals surface area contributed by atoms with Gasteiger partial charge in [-0.15, -0.1) is 0 Å². The van der Waals surface area contributed by atoms with Gasteiger partial charge in [0.25, 0.3) is 5.91 Å². The molecule has 6 heteroatoms. The van der Waals surface area contributed by atoms with Gasteiger partial charge in [-0.1, -0.05) is 17.7 Å². The molecule has 2 aromatic rings. The van der Waals surface area contributed by atoms with Gasteiger partial charge in [-0.25, -0.2) is 4.39 Å². The Morgan fingerprint density at radius 2 is 2.18 bits per heavy atom. The van der Waals surface area contributed by atoms with Gasteiger partial charge in [-0.2, -0.15) is 5.10 Å². The van der Waals surface area contributed by atoms with Crippen LogP contribution >= 0.6 is 11.6 Å². The van der Waals surface area contributed by atoms with Gasteiger partial charge in [0.1, 0.15) is 5.82 Å². The van der Waals surface area contributed by atoms with E-state index in [1.165, 1.54) is 22.9 Å². The number of carbonyl (C=O) groups excluding carboxylic acids is 1. The molecule has 88 valence electrons. The van der Waals surface area contributed by atoms with E-state index in [0.717, 1.165) is 0 Å². The van der Waals surface area contributed by atoms with E-state index < -0.39 is 11.7 Å². The molecule has 0 saturated carbocycles. The first-order chi connectivity index (χ1) is 7.99. The first kappa shape index (κ1) is 11.6. The molecule has 4 nitrogen and oxygen atoms in total. The van der Waals surface area contributed by atoms with E-state index in [4.69, 9.17) is 17.3 Å². The van der Waals surface area contributed by atoms with Crippen LogP contribution in [-0.2, 0) is 7.05 Å². The van der Waals surface area contributed by atoms with Gasteiger partial charge in [-0.05, 0) is 18.2 Å². The largest absolute Gasteiger partial charge is 0.364 e. The highest BCUT2D eigenvalue weighted by Crippen LogP contribution is 2.24. The molecule has 2 rings (SSSR count). The monoisotopic (exact) mass is 253 g/mol.